The number of ether oxygens (including phenoxy) is 1. The summed E-state index contributed by atoms with van der Waals surface area (Å²) in [6, 6.07) is 2.14. The van der Waals surface area contributed by atoms with Gasteiger partial charge in [-0.25, -0.2) is 9.69 Å². The van der Waals surface area contributed by atoms with Crippen molar-refractivity contribution < 1.29 is 27.5 Å². The van der Waals surface area contributed by atoms with E-state index in [4.69, 9.17) is 4.74 Å². The molecule has 0 radical (unpaired) electrons. The summed E-state index contributed by atoms with van der Waals surface area (Å²) < 4.78 is 44.0. The number of nitriles is 1. The van der Waals surface area contributed by atoms with Crippen molar-refractivity contribution in [2.75, 3.05) is 0 Å². The van der Waals surface area contributed by atoms with Crippen LogP contribution in [-0.4, -0.2) is 34.2 Å². The van der Waals surface area contributed by atoms with Crippen LogP contribution in [-0.2, 0) is 9.53 Å². The van der Waals surface area contributed by atoms with E-state index >= 15 is 0 Å². The summed E-state index contributed by atoms with van der Waals surface area (Å²) in [6.07, 6.45) is -5.23. The van der Waals surface area contributed by atoms with Crippen molar-refractivity contribution in [3.63, 3.8) is 0 Å². The molecule has 0 N–H and O–H groups in total. The van der Waals surface area contributed by atoms with Crippen LogP contribution in [0.25, 0.3) is 0 Å². The fourth-order valence-electron chi connectivity index (χ4n) is 3.56. The van der Waals surface area contributed by atoms with Gasteiger partial charge >= 0.3 is 18.2 Å². The Hall–Kier alpha value is -1.78. The Kier molecular flexibility index (Phi) is 3.91. The summed E-state index contributed by atoms with van der Waals surface area (Å²) >= 11 is 0. The Morgan fingerprint density at radius 1 is 1.13 bits per heavy atom. The number of hydrogen-bond donors (Lipinski definition) is 0. The molecule has 2 bridgehead atoms. The number of carbonyl (C=O) groups excluding carboxylic acids is 2. The second kappa shape index (κ2) is 5.11. The molecule has 0 aromatic heterocycles. The highest BCUT2D eigenvalue weighted by Gasteiger charge is 2.63. The number of amides is 2. The van der Waals surface area contributed by atoms with Crippen molar-refractivity contribution in [2.45, 2.75) is 70.2 Å². The number of carbonyl (C=O) groups is 2. The van der Waals surface area contributed by atoms with Gasteiger partial charge in [-0.15, -0.1) is 0 Å². The fraction of sp³-hybridized carbons (Fsp3) is 0.800. The minimum Gasteiger partial charge on any atom is -0.443 e. The number of rotatable bonds is 1. The number of fused-ring (bicyclic) bond motifs is 2. The van der Waals surface area contributed by atoms with E-state index in [1.165, 1.54) is 20.8 Å². The van der Waals surface area contributed by atoms with Crippen LogP contribution in [0.15, 0.2) is 0 Å². The second-order valence-electron chi connectivity index (χ2n) is 7.41. The third kappa shape index (κ3) is 3.14. The van der Waals surface area contributed by atoms with Crippen LogP contribution in [0.2, 0.25) is 0 Å². The quantitative estimate of drug-likeness (QED) is 0.736. The average Bonchev–Trinajstić information content (AvgIpc) is 2.92. The van der Waals surface area contributed by atoms with E-state index in [0.29, 0.717) is 12.8 Å². The minimum absolute atomic E-state index is 0.0809. The van der Waals surface area contributed by atoms with Crippen molar-refractivity contribution in [3.05, 3.63) is 0 Å². The maximum atomic E-state index is 13.0. The van der Waals surface area contributed by atoms with E-state index in [1.807, 2.05) is 0 Å². The Labute approximate surface area is 132 Å². The molecule has 23 heavy (non-hydrogen) atoms. The van der Waals surface area contributed by atoms with Crippen LogP contribution in [0.4, 0.5) is 18.0 Å². The molecule has 0 aromatic carbocycles. The molecule has 0 aromatic rings. The van der Waals surface area contributed by atoms with Gasteiger partial charge in [-0.2, -0.15) is 18.4 Å². The molecule has 2 rings (SSSR count). The lowest BCUT2D eigenvalue weighted by Gasteiger charge is -2.39. The van der Waals surface area contributed by atoms with Crippen LogP contribution in [0.3, 0.4) is 0 Å². The zero-order valence-electron chi connectivity index (χ0n) is 13.3. The predicted octanol–water partition coefficient (Wildman–Crippen LogP) is 3.54. The zero-order valence-corrected chi connectivity index (χ0v) is 13.3. The van der Waals surface area contributed by atoms with Crippen molar-refractivity contribution in [3.8, 4) is 6.07 Å². The highest BCUT2D eigenvalue weighted by Crippen LogP contribution is 2.59. The highest BCUT2D eigenvalue weighted by molar-refractivity contribution is 5.96. The summed E-state index contributed by atoms with van der Waals surface area (Å²) in [5, 5.41) is 9.27. The second-order valence-corrected chi connectivity index (χ2v) is 7.41. The van der Waals surface area contributed by atoms with Gasteiger partial charge in [0.25, 0.3) is 0 Å². The zero-order chi connectivity index (χ0) is 17.7. The Balaban J connectivity index is 2.38. The van der Waals surface area contributed by atoms with Crippen molar-refractivity contribution in [1.29, 1.82) is 5.26 Å². The molecule has 0 heterocycles. The van der Waals surface area contributed by atoms with E-state index in [1.54, 1.807) is 0 Å². The number of alkyl halides is 3. The van der Waals surface area contributed by atoms with Crippen molar-refractivity contribution in [2.24, 2.45) is 5.41 Å². The maximum absolute atomic E-state index is 13.0. The highest BCUT2D eigenvalue weighted by atomic mass is 19.4. The van der Waals surface area contributed by atoms with E-state index in [0.717, 1.165) is 0 Å². The Morgan fingerprint density at radius 2 is 1.65 bits per heavy atom. The molecule has 0 spiro atoms. The van der Waals surface area contributed by atoms with E-state index < -0.39 is 34.7 Å². The normalized spacial score (nSPS) is 30.0. The summed E-state index contributed by atoms with van der Waals surface area (Å²) in [5.41, 5.74) is -3.04. The molecular formula is C15H19F3N2O3. The van der Waals surface area contributed by atoms with Gasteiger partial charge in [-0.1, -0.05) is 0 Å². The molecule has 0 atom stereocenters. The van der Waals surface area contributed by atoms with Crippen LogP contribution in [0, 0.1) is 16.7 Å². The van der Waals surface area contributed by atoms with Gasteiger partial charge in [-0.05, 0) is 52.9 Å². The molecule has 2 amide bonds. The predicted molar refractivity (Wildman–Crippen MR) is 73.0 cm³/mol. The lowest BCUT2D eigenvalue weighted by atomic mass is 9.85. The van der Waals surface area contributed by atoms with Crippen LogP contribution in [0.1, 0.15) is 52.9 Å². The van der Waals surface area contributed by atoms with Crippen molar-refractivity contribution in [1.82, 2.24) is 4.90 Å². The monoisotopic (exact) mass is 332 g/mol. The first kappa shape index (κ1) is 17.6. The van der Waals surface area contributed by atoms with Gasteiger partial charge in [0.15, 0.2) is 0 Å². The van der Waals surface area contributed by atoms with Gasteiger partial charge in [0, 0.05) is 0 Å². The summed E-state index contributed by atoms with van der Waals surface area (Å²) in [4.78, 5) is 24.4. The topological polar surface area (TPSA) is 70.4 Å². The van der Waals surface area contributed by atoms with Gasteiger partial charge in [0.1, 0.15) is 5.60 Å². The average molecular weight is 332 g/mol. The van der Waals surface area contributed by atoms with Crippen LogP contribution in [0.5, 0.6) is 0 Å². The molecule has 128 valence electrons. The van der Waals surface area contributed by atoms with E-state index in [2.05, 4.69) is 6.07 Å². The van der Waals surface area contributed by atoms with E-state index in [9.17, 15) is 28.0 Å². The van der Waals surface area contributed by atoms with Crippen molar-refractivity contribution >= 4 is 12.0 Å². The molecular weight excluding hydrogens is 313 g/mol. The van der Waals surface area contributed by atoms with E-state index in [-0.39, 0.29) is 24.2 Å². The SMILES string of the molecule is CC(C)(C)OC(=O)N(C(=O)C(F)(F)F)C12CCC(C#N)(CC1)C2. The first-order valence-electron chi connectivity index (χ1n) is 7.40. The van der Waals surface area contributed by atoms with Gasteiger partial charge in [0.2, 0.25) is 0 Å². The molecule has 0 unspecified atom stereocenters. The van der Waals surface area contributed by atoms with Crippen LogP contribution >= 0.6 is 0 Å². The van der Waals surface area contributed by atoms with Gasteiger partial charge in [0.05, 0.1) is 17.0 Å². The number of imide groups is 1. The number of halogens is 3. The largest absolute Gasteiger partial charge is 0.471 e. The molecule has 2 aliphatic rings. The van der Waals surface area contributed by atoms with Gasteiger partial charge < -0.3 is 4.74 Å². The molecule has 8 heteroatoms. The molecule has 5 nitrogen and oxygen atoms in total. The summed E-state index contributed by atoms with van der Waals surface area (Å²) in [7, 11) is 0. The lowest BCUT2D eigenvalue weighted by molar-refractivity contribution is -0.189. The third-order valence-electron chi connectivity index (χ3n) is 4.54. The molecule has 2 aliphatic carbocycles. The molecule has 0 saturated heterocycles. The van der Waals surface area contributed by atoms with Crippen LogP contribution < -0.4 is 0 Å². The molecule has 2 saturated carbocycles. The standard InChI is InChI=1S/C15H19F3N2O3/c1-12(2,3)23-11(22)20(10(21)15(16,17)18)14-6-4-13(8-14,9-19)5-7-14/h4-8H2,1-3H3. The van der Waals surface area contributed by atoms with Gasteiger partial charge in [-0.3, -0.25) is 4.79 Å². The smallest absolute Gasteiger partial charge is 0.443 e. The first-order chi connectivity index (χ1) is 10.3. The minimum atomic E-state index is -5.17. The molecule has 2 fully saturated rings. The number of hydrogen-bond acceptors (Lipinski definition) is 4. The summed E-state index contributed by atoms with van der Waals surface area (Å²) in [5.74, 6) is -2.22. The fourth-order valence-corrected chi connectivity index (χ4v) is 3.56. The Morgan fingerprint density at radius 3 is 2.00 bits per heavy atom. The maximum Gasteiger partial charge on any atom is 0.471 e. The first-order valence-corrected chi connectivity index (χ1v) is 7.40. The third-order valence-corrected chi connectivity index (χ3v) is 4.54. The number of nitrogens with zero attached hydrogens (tertiary/aromatic N) is 2. The molecule has 0 aliphatic heterocycles. The Bertz CT molecular complexity index is 564. The lowest BCUT2D eigenvalue weighted by Crippen LogP contribution is -2.57. The summed E-state index contributed by atoms with van der Waals surface area (Å²) in [6.45, 7) is 4.55.